The third-order valence-corrected chi connectivity index (χ3v) is 3.27. The molecule has 124 valence electrons. The van der Waals surface area contributed by atoms with Crippen LogP contribution in [0.3, 0.4) is 0 Å². The number of benzene rings is 1. The van der Waals surface area contributed by atoms with E-state index in [1.807, 2.05) is 0 Å². The molecule has 2 rings (SSSR count). The minimum absolute atomic E-state index is 0.140. The summed E-state index contributed by atoms with van der Waals surface area (Å²) in [6, 6.07) is 6.16. The van der Waals surface area contributed by atoms with Gasteiger partial charge in [-0.15, -0.1) is 0 Å². The Morgan fingerprint density at radius 3 is 2.61 bits per heavy atom. The molecular weight excluding hydrogens is 313 g/mol. The Morgan fingerprint density at radius 2 is 2.04 bits per heavy atom. The van der Waals surface area contributed by atoms with Gasteiger partial charge in [0, 0.05) is 11.1 Å². The first-order chi connectivity index (χ1) is 10.6. The Morgan fingerprint density at radius 1 is 1.35 bits per heavy atom. The lowest BCUT2D eigenvalue weighted by molar-refractivity contribution is -0.222. The first-order valence-electron chi connectivity index (χ1n) is 6.67. The Bertz CT molecular complexity index is 682. The molecule has 23 heavy (non-hydrogen) atoms. The number of amides is 1. The number of aliphatic hydroxyl groups excluding tert-OH is 1. The highest BCUT2D eigenvalue weighted by molar-refractivity contribution is 5.95. The van der Waals surface area contributed by atoms with E-state index in [1.165, 1.54) is 24.7 Å². The van der Waals surface area contributed by atoms with Crippen LogP contribution >= 0.6 is 0 Å². The second-order valence-electron chi connectivity index (χ2n) is 5.57. The van der Waals surface area contributed by atoms with Gasteiger partial charge in [-0.1, -0.05) is 12.1 Å². The summed E-state index contributed by atoms with van der Waals surface area (Å²) in [5.41, 5.74) is -1.18. The first-order valence-corrected chi connectivity index (χ1v) is 6.67. The highest BCUT2D eigenvalue weighted by Crippen LogP contribution is 2.28. The number of alkyl halides is 3. The zero-order valence-electron chi connectivity index (χ0n) is 12.4. The van der Waals surface area contributed by atoms with Crippen molar-refractivity contribution in [2.75, 3.05) is 0 Å². The molecular formula is C15H15F3N2O3. The van der Waals surface area contributed by atoms with Gasteiger partial charge in [-0.25, -0.2) is 4.98 Å². The van der Waals surface area contributed by atoms with E-state index in [0.717, 1.165) is 13.8 Å². The average molecular weight is 328 g/mol. The van der Waals surface area contributed by atoms with Crippen molar-refractivity contribution in [2.24, 2.45) is 0 Å². The molecule has 0 spiro atoms. The molecule has 5 nitrogen and oxygen atoms in total. The van der Waals surface area contributed by atoms with Crippen molar-refractivity contribution in [2.45, 2.75) is 31.7 Å². The first kappa shape index (κ1) is 17.0. The number of aliphatic hydroxyl groups is 1. The molecule has 2 N–H and O–H groups in total. The molecule has 0 aliphatic carbocycles. The van der Waals surface area contributed by atoms with Gasteiger partial charge in [0.2, 0.25) is 0 Å². The van der Waals surface area contributed by atoms with Gasteiger partial charge < -0.3 is 14.8 Å². The SMILES string of the molecule is CC(C)(NC(=O)c1cccc(-c2cnco2)c1)C(O)C(F)(F)F. The molecule has 0 bridgehead atoms. The monoisotopic (exact) mass is 328 g/mol. The second-order valence-corrected chi connectivity index (χ2v) is 5.57. The number of carbonyl (C=O) groups excluding carboxylic acids is 1. The number of hydrogen-bond acceptors (Lipinski definition) is 4. The third kappa shape index (κ3) is 3.89. The number of aromatic nitrogens is 1. The molecule has 0 radical (unpaired) electrons. The molecule has 0 fully saturated rings. The van der Waals surface area contributed by atoms with E-state index in [-0.39, 0.29) is 5.56 Å². The second kappa shape index (κ2) is 6.04. The van der Waals surface area contributed by atoms with Gasteiger partial charge in [0.15, 0.2) is 18.3 Å². The predicted octanol–water partition coefficient (Wildman–Crippen LogP) is 2.77. The van der Waals surface area contributed by atoms with Crippen LogP contribution in [0.5, 0.6) is 0 Å². The van der Waals surface area contributed by atoms with Crippen LogP contribution in [0.2, 0.25) is 0 Å². The summed E-state index contributed by atoms with van der Waals surface area (Å²) < 4.78 is 43.0. The van der Waals surface area contributed by atoms with E-state index in [2.05, 4.69) is 10.3 Å². The quantitative estimate of drug-likeness (QED) is 0.905. The lowest BCUT2D eigenvalue weighted by Gasteiger charge is -2.32. The molecule has 1 atom stereocenters. The maximum atomic E-state index is 12.6. The topological polar surface area (TPSA) is 75.4 Å². The Balaban J connectivity index is 2.20. The lowest BCUT2D eigenvalue weighted by Crippen LogP contribution is -2.57. The van der Waals surface area contributed by atoms with Crippen LogP contribution in [-0.4, -0.2) is 33.8 Å². The maximum Gasteiger partial charge on any atom is 0.416 e. The third-order valence-electron chi connectivity index (χ3n) is 3.27. The number of hydrogen-bond donors (Lipinski definition) is 2. The fourth-order valence-corrected chi connectivity index (χ4v) is 2.01. The van der Waals surface area contributed by atoms with Gasteiger partial charge >= 0.3 is 6.18 Å². The summed E-state index contributed by atoms with van der Waals surface area (Å²) in [7, 11) is 0. The van der Waals surface area contributed by atoms with E-state index in [9.17, 15) is 23.1 Å². The van der Waals surface area contributed by atoms with E-state index >= 15 is 0 Å². The van der Waals surface area contributed by atoms with E-state index < -0.39 is 23.7 Å². The van der Waals surface area contributed by atoms with Gasteiger partial charge in [0.05, 0.1) is 11.7 Å². The van der Waals surface area contributed by atoms with Crippen molar-refractivity contribution in [1.82, 2.24) is 10.3 Å². The van der Waals surface area contributed by atoms with Crippen LogP contribution in [0.25, 0.3) is 11.3 Å². The molecule has 8 heteroatoms. The summed E-state index contributed by atoms with van der Waals surface area (Å²) in [6.07, 6.45) is -4.84. The van der Waals surface area contributed by atoms with Crippen LogP contribution in [0.1, 0.15) is 24.2 Å². The normalized spacial score (nSPS) is 13.7. The Kier molecular flexibility index (Phi) is 4.46. The van der Waals surface area contributed by atoms with Crippen molar-refractivity contribution in [3.63, 3.8) is 0 Å². The number of halogens is 3. The molecule has 1 aromatic heterocycles. The number of rotatable bonds is 4. The van der Waals surface area contributed by atoms with Gasteiger partial charge in [0.25, 0.3) is 5.91 Å². The summed E-state index contributed by atoms with van der Waals surface area (Å²) >= 11 is 0. The average Bonchev–Trinajstić information content (AvgIpc) is 2.99. The van der Waals surface area contributed by atoms with Crippen LogP contribution in [0.4, 0.5) is 13.2 Å². The van der Waals surface area contributed by atoms with Crippen molar-refractivity contribution in [3.05, 3.63) is 42.4 Å². The summed E-state index contributed by atoms with van der Waals surface area (Å²) in [6.45, 7) is 2.20. The van der Waals surface area contributed by atoms with Crippen LogP contribution in [0.15, 0.2) is 41.3 Å². The number of nitrogens with zero attached hydrogens (tertiary/aromatic N) is 1. The molecule has 1 aromatic carbocycles. The van der Waals surface area contributed by atoms with Crippen molar-refractivity contribution < 1.29 is 27.5 Å². The van der Waals surface area contributed by atoms with Gasteiger partial charge in [-0.3, -0.25) is 4.79 Å². The molecule has 1 amide bonds. The maximum absolute atomic E-state index is 12.6. The van der Waals surface area contributed by atoms with E-state index in [4.69, 9.17) is 4.42 Å². The fourth-order valence-electron chi connectivity index (χ4n) is 2.01. The summed E-state index contributed by atoms with van der Waals surface area (Å²) in [5.74, 6) is -0.311. The predicted molar refractivity (Wildman–Crippen MR) is 75.5 cm³/mol. The zero-order valence-corrected chi connectivity index (χ0v) is 12.4. The van der Waals surface area contributed by atoms with Crippen LogP contribution in [-0.2, 0) is 0 Å². The minimum Gasteiger partial charge on any atom is -0.444 e. The van der Waals surface area contributed by atoms with Crippen LogP contribution in [0, 0.1) is 0 Å². The van der Waals surface area contributed by atoms with Gasteiger partial charge in [-0.2, -0.15) is 13.2 Å². The summed E-state index contributed by atoms with van der Waals surface area (Å²) in [5, 5.41) is 11.5. The van der Waals surface area contributed by atoms with Crippen LogP contribution < -0.4 is 5.32 Å². The minimum atomic E-state index is -4.83. The van der Waals surface area contributed by atoms with E-state index in [0.29, 0.717) is 11.3 Å². The Hall–Kier alpha value is -2.35. The lowest BCUT2D eigenvalue weighted by atomic mass is 9.96. The largest absolute Gasteiger partial charge is 0.444 e. The van der Waals surface area contributed by atoms with E-state index in [1.54, 1.807) is 12.1 Å². The highest BCUT2D eigenvalue weighted by atomic mass is 19.4. The number of carbonyl (C=O) groups is 1. The molecule has 0 saturated heterocycles. The molecule has 0 aliphatic heterocycles. The van der Waals surface area contributed by atoms with Crippen molar-refractivity contribution in [1.29, 1.82) is 0 Å². The Labute approximate surface area is 130 Å². The highest BCUT2D eigenvalue weighted by Gasteiger charge is 2.48. The van der Waals surface area contributed by atoms with Gasteiger partial charge in [0.1, 0.15) is 0 Å². The standard InChI is InChI=1S/C15H15F3N2O3/c1-14(2,13(22)15(16,17)18)20-12(21)10-5-3-4-9(6-10)11-7-19-8-23-11/h3-8,13,22H,1-2H3,(H,20,21). The number of oxazole rings is 1. The van der Waals surface area contributed by atoms with Crippen molar-refractivity contribution >= 4 is 5.91 Å². The molecule has 2 aromatic rings. The fraction of sp³-hybridized carbons (Fsp3) is 0.333. The van der Waals surface area contributed by atoms with Gasteiger partial charge in [-0.05, 0) is 26.0 Å². The zero-order chi connectivity index (χ0) is 17.3. The molecule has 0 aliphatic rings. The molecule has 1 unspecified atom stereocenters. The number of nitrogens with one attached hydrogen (secondary N) is 1. The van der Waals surface area contributed by atoms with Crippen molar-refractivity contribution in [3.8, 4) is 11.3 Å². The molecule has 1 heterocycles. The molecule has 0 saturated carbocycles. The summed E-state index contributed by atoms with van der Waals surface area (Å²) in [4.78, 5) is 15.9. The smallest absolute Gasteiger partial charge is 0.416 e.